The van der Waals surface area contributed by atoms with Crippen LogP contribution in [0.2, 0.25) is 0 Å². The monoisotopic (exact) mass is 337 g/mol. The van der Waals surface area contributed by atoms with Crippen molar-refractivity contribution in [2.24, 2.45) is 5.10 Å². The Morgan fingerprint density at radius 1 is 0.615 bits per heavy atom. The van der Waals surface area contributed by atoms with Crippen LogP contribution in [0.3, 0.4) is 0 Å². The number of aromatic nitrogens is 1. The van der Waals surface area contributed by atoms with E-state index in [0.717, 1.165) is 22.8 Å². The Bertz CT molecular complexity index is 934. The molecule has 0 unspecified atom stereocenters. The maximum atomic E-state index is 4.78. The van der Waals surface area contributed by atoms with Crippen LogP contribution in [0.15, 0.2) is 114 Å². The molecule has 0 aliphatic rings. The molecule has 0 aliphatic carbocycles. The topological polar surface area (TPSA) is 20.5 Å². The number of nitrogens with zero attached hydrogens (tertiary/aromatic N) is 3. The molecule has 0 amide bonds. The van der Waals surface area contributed by atoms with E-state index >= 15 is 0 Å². The first-order chi connectivity index (χ1) is 12.9. The van der Waals surface area contributed by atoms with Gasteiger partial charge in [0.1, 0.15) is 0 Å². The number of hydrogen-bond acceptors (Lipinski definition) is 2. The minimum absolute atomic E-state index is 1.02. The zero-order valence-corrected chi connectivity index (χ0v) is 14.3. The van der Waals surface area contributed by atoms with Gasteiger partial charge in [0.15, 0.2) is 0 Å². The van der Waals surface area contributed by atoms with Gasteiger partial charge in [0.2, 0.25) is 0 Å². The van der Waals surface area contributed by atoms with Gasteiger partial charge in [0.05, 0.1) is 23.3 Å². The molecule has 0 aliphatic heterocycles. The summed E-state index contributed by atoms with van der Waals surface area (Å²) in [5, 5.41) is 6.73. The lowest BCUT2D eigenvalue weighted by atomic mass is 10.2. The lowest BCUT2D eigenvalue weighted by Crippen LogP contribution is -2.10. The molecule has 0 fully saturated rings. The highest BCUT2D eigenvalue weighted by atomic mass is 15.5. The Hall–Kier alpha value is -3.59. The fraction of sp³-hybridized carbons (Fsp3) is 0. The molecule has 0 N–H and O–H groups in total. The molecular formula is C23H19N3. The van der Waals surface area contributed by atoms with Gasteiger partial charge in [-0.25, -0.2) is 5.01 Å². The Labute approximate surface area is 153 Å². The quantitative estimate of drug-likeness (QED) is 0.340. The van der Waals surface area contributed by atoms with Crippen LogP contribution in [0.4, 0.5) is 11.4 Å². The van der Waals surface area contributed by atoms with Crippen molar-refractivity contribution in [3.05, 3.63) is 115 Å². The summed E-state index contributed by atoms with van der Waals surface area (Å²) in [7, 11) is 0. The van der Waals surface area contributed by atoms with Crippen molar-refractivity contribution in [1.29, 1.82) is 0 Å². The molecule has 4 aromatic rings. The largest absolute Gasteiger partial charge is 0.316 e. The summed E-state index contributed by atoms with van der Waals surface area (Å²) in [5.74, 6) is 0. The van der Waals surface area contributed by atoms with Crippen LogP contribution in [0.25, 0.3) is 5.69 Å². The fourth-order valence-corrected chi connectivity index (χ4v) is 2.86. The highest BCUT2D eigenvalue weighted by Gasteiger charge is 2.07. The van der Waals surface area contributed by atoms with Crippen LogP contribution in [0.5, 0.6) is 0 Å². The smallest absolute Gasteiger partial charge is 0.0719 e. The van der Waals surface area contributed by atoms with Gasteiger partial charge in [-0.2, -0.15) is 5.10 Å². The van der Waals surface area contributed by atoms with E-state index in [0.29, 0.717) is 0 Å². The van der Waals surface area contributed by atoms with Crippen LogP contribution in [0.1, 0.15) is 5.69 Å². The molecule has 3 nitrogen and oxygen atoms in total. The molecular weight excluding hydrogens is 318 g/mol. The predicted molar refractivity (Wildman–Crippen MR) is 108 cm³/mol. The number of rotatable bonds is 5. The SMILES string of the molecule is C(=N/N(c1ccccc1)c1ccccc1)/c1cccn1-c1ccccc1. The van der Waals surface area contributed by atoms with Crippen molar-refractivity contribution in [2.45, 2.75) is 0 Å². The van der Waals surface area contributed by atoms with Gasteiger partial charge in [-0.05, 0) is 48.5 Å². The molecule has 4 rings (SSSR count). The molecule has 3 heteroatoms. The van der Waals surface area contributed by atoms with Crippen molar-refractivity contribution in [3.63, 3.8) is 0 Å². The summed E-state index contributed by atoms with van der Waals surface area (Å²) < 4.78 is 2.12. The third-order valence-electron chi connectivity index (χ3n) is 4.12. The minimum Gasteiger partial charge on any atom is -0.316 e. The molecule has 126 valence electrons. The highest BCUT2D eigenvalue weighted by molar-refractivity contribution is 5.81. The van der Waals surface area contributed by atoms with Crippen LogP contribution in [-0.4, -0.2) is 10.8 Å². The number of anilines is 2. The number of benzene rings is 3. The van der Waals surface area contributed by atoms with Crippen molar-refractivity contribution in [2.75, 3.05) is 5.01 Å². The molecule has 0 saturated carbocycles. The van der Waals surface area contributed by atoms with Crippen molar-refractivity contribution in [3.8, 4) is 5.69 Å². The van der Waals surface area contributed by atoms with E-state index in [2.05, 4.69) is 47.0 Å². The second-order valence-electron chi connectivity index (χ2n) is 5.87. The lowest BCUT2D eigenvalue weighted by molar-refractivity contribution is 1.05. The molecule has 26 heavy (non-hydrogen) atoms. The van der Waals surface area contributed by atoms with E-state index in [-0.39, 0.29) is 0 Å². The highest BCUT2D eigenvalue weighted by Crippen LogP contribution is 2.25. The molecule has 0 saturated heterocycles. The Kier molecular flexibility index (Phi) is 4.61. The minimum atomic E-state index is 1.02. The average molecular weight is 337 g/mol. The molecule has 0 spiro atoms. The molecule has 3 aromatic carbocycles. The van der Waals surface area contributed by atoms with Gasteiger partial charge >= 0.3 is 0 Å². The normalized spacial score (nSPS) is 10.9. The molecule has 1 heterocycles. The standard InChI is InChI=1S/C23H19N3/c1-4-11-20(12-5-1)25-18-10-17-23(25)19-24-26(21-13-6-2-7-14-21)22-15-8-3-9-16-22/h1-19H/b24-19-. The summed E-state index contributed by atoms with van der Waals surface area (Å²) in [6, 6.07) is 34.7. The Morgan fingerprint density at radius 2 is 1.15 bits per heavy atom. The van der Waals surface area contributed by atoms with Crippen molar-refractivity contribution < 1.29 is 0 Å². The number of para-hydroxylation sites is 3. The average Bonchev–Trinajstić information content (AvgIpc) is 3.19. The van der Waals surface area contributed by atoms with E-state index in [4.69, 9.17) is 5.10 Å². The van der Waals surface area contributed by atoms with Crippen molar-refractivity contribution >= 4 is 17.6 Å². The zero-order chi connectivity index (χ0) is 17.6. The Balaban J connectivity index is 1.70. The summed E-state index contributed by atoms with van der Waals surface area (Å²) in [6.07, 6.45) is 3.94. The van der Waals surface area contributed by atoms with Gasteiger partial charge in [-0.3, -0.25) is 0 Å². The van der Waals surface area contributed by atoms with Gasteiger partial charge in [-0.15, -0.1) is 0 Å². The van der Waals surface area contributed by atoms with Gasteiger partial charge < -0.3 is 4.57 Å². The second kappa shape index (κ2) is 7.53. The summed E-state index contributed by atoms with van der Waals surface area (Å²) in [4.78, 5) is 0. The maximum Gasteiger partial charge on any atom is 0.0719 e. The van der Waals surface area contributed by atoms with Gasteiger partial charge in [-0.1, -0.05) is 54.6 Å². The van der Waals surface area contributed by atoms with E-state index in [1.807, 2.05) is 78.1 Å². The van der Waals surface area contributed by atoms with E-state index in [1.165, 1.54) is 0 Å². The van der Waals surface area contributed by atoms with Gasteiger partial charge in [0, 0.05) is 11.9 Å². The fourth-order valence-electron chi connectivity index (χ4n) is 2.86. The number of hydrazone groups is 1. The van der Waals surface area contributed by atoms with Crippen LogP contribution >= 0.6 is 0 Å². The first-order valence-electron chi connectivity index (χ1n) is 8.59. The third-order valence-corrected chi connectivity index (χ3v) is 4.12. The first-order valence-corrected chi connectivity index (χ1v) is 8.59. The predicted octanol–water partition coefficient (Wildman–Crippen LogP) is 5.65. The summed E-state index contributed by atoms with van der Waals surface area (Å²) >= 11 is 0. The Morgan fingerprint density at radius 3 is 1.73 bits per heavy atom. The lowest BCUT2D eigenvalue weighted by Gasteiger charge is -2.19. The molecule has 0 atom stereocenters. The summed E-state index contributed by atoms with van der Waals surface area (Å²) in [5.41, 5.74) is 4.18. The first kappa shape index (κ1) is 15.9. The van der Waals surface area contributed by atoms with Gasteiger partial charge in [0.25, 0.3) is 0 Å². The zero-order valence-electron chi connectivity index (χ0n) is 14.3. The molecule has 0 radical (unpaired) electrons. The second-order valence-corrected chi connectivity index (χ2v) is 5.87. The molecule has 1 aromatic heterocycles. The van der Waals surface area contributed by atoms with Crippen LogP contribution in [0, 0.1) is 0 Å². The van der Waals surface area contributed by atoms with Crippen molar-refractivity contribution in [1.82, 2.24) is 4.57 Å². The van der Waals surface area contributed by atoms with Crippen LogP contribution < -0.4 is 5.01 Å². The maximum absolute atomic E-state index is 4.78. The number of hydrogen-bond donors (Lipinski definition) is 0. The van der Waals surface area contributed by atoms with E-state index in [1.54, 1.807) is 0 Å². The van der Waals surface area contributed by atoms with Crippen LogP contribution in [-0.2, 0) is 0 Å². The summed E-state index contributed by atoms with van der Waals surface area (Å²) in [6.45, 7) is 0. The van der Waals surface area contributed by atoms with E-state index < -0.39 is 0 Å². The van der Waals surface area contributed by atoms with E-state index in [9.17, 15) is 0 Å². The molecule has 0 bridgehead atoms. The third kappa shape index (κ3) is 3.42.